The summed E-state index contributed by atoms with van der Waals surface area (Å²) in [6, 6.07) is 9.40. The van der Waals surface area contributed by atoms with Crippen molar-refractivity contribution >= 4 is 39.8 Å². The van der Waals surface area contributed by atoms with E-state index in [9.17, 15) is 4.79 Å². The first-order chi connectivity index (χ1) is 13.6. The smallest absolute Gasteiger partial charge is 0.258 e. The number of carbonyl (C=O) groups is 1. The van der Waals surface area contributed by atoms with Gasteiger partial charge in [-0.25, -0.2) is 9.97 Å². The van der Waals surface area contributed by atoms with Crippen LogP contribution in [0.3, 0.4) is 0 Å². The van der Waals surface area contributed by atoms with Gasteiger partial charge in [0, 0.05) is 5.69 Å². The molecular formula is C20H21N5O2S. The normalized spacial score (nSPS) is 12.5. The first kappa shape index (κ1) is 18.5. The van der Waals surface area contributed by atoms with Gasteiger partial charge in [0.25, 0.3) is 11.6 Å². The Balaban J connectivity index is 1.69. The summed E-state index contributed by atoms with van der Waals surface area (Å²) in [4.78, 5) is 25.5. The molecule has 2 N–H and O–H groups in total. The summed E-state index contributed by atoms with van der Waals surface area (Å²) < 4.78 is 5.25. The van der Waals surface area contributed by atoms with Gasteiger partial charge in [-0.3, -0.25) is 4.79 Å². The number of pyridine rings is 1. The molecule has 0 saturated heterocycles. The molecule has 8 heteroatoms. The van der Waals surface area contributed by atoms with Crippen molar-refractivity contribution in [2.75, 3.05) is 12.0 Å². The Labute approximate surface area is 166 Å². The number of imidazole rings is 1. The van der Waals surface area contributed by atoms with Gasteiger partial charge in [0.15, 0.2) is 0 Å². The van der Waals surface area contributed by atoms with Crippen molar-refractivity contribution in [3.05, 3.63) is 53.1 Å². The van der Waals surface area contributed by atoms with Crippen LogP contribution in [-0.2, 0) is 0 Å². The zero-order valence-corrected chi connectivity index (χ0v) is 16.8. The fraction of sp³-hybridized carbons (Fsp3) is 0.300. The average molecular weight is 395 g/mol. The topological polar surface area (TPSA) is 96.7 Å². The lowest BCUT2D eigenvalue weighted by molar-refractivity contribution is 0.0935. The maximum Gasteiger partial charge on any atom is 0.258 e. The molecule has 4 rings (SSSR count). The maximum atomic E-state index is 13.2. The highest BCUT2D eigenvalue weighted by Crippen LogP contribution is 2.24. The number of aromatic amines is 1. The van der Waals surface area contributed by atoms with Gasteiger partial charge in [-0.05, 0) is 50.5 Å². The number of benzene rings is 1. The number of carbonyl (C=O) groups excluding carboxylic acids is 1. The van der Waals surface area contributed by atoms with Crippen molar-refractivity contribution in [3.63, 3.8) is 0 Å². The Hall–Kier alpha value is -2.87. The van der Waals surface area contributed by atoms with E-state index in [1.54, 1.807) is 17.8 Å². The highest BCUT2D eigenvalue weighted by atomic mass is 32.2. The van der Waals surface area contributed by atoms with Crippen LogP contribution < -0.4 is 5.32 Å². The minimum absolute atomic E-state index is 0.187. The van der Waals surface area contributed by atoms with E-state index in [0.29, 0.717) is 28.1 Å². The first-order valence-electron chi connectivity index (χ1n) is 9.05. The van der Waals surface area contributed by atoms with Crippen LogP contribution in [0.25, 0.3) is 22.1 Å². The molecule has 0 spiro atoms. The molecule has 1 amide bonds. The largest absolute Gasteiger partial charge is 0.342 e. The molecule has 3 heterocycles. The highest BCUT2D eigenvalue weighted by molar-refractivity contribution is 7.98. The summed E-state index contributed by atoms with van der Waals surface area (Å²) in [5.74, 6) is 1.47. The Kier molecular flexibility index (Phi) is 5.04. The number of para-hydroxylation sites is 2. The van der Waals surface area contributed by atoms with Gasteiger partial charge in [0.2, 0.25) is 0 Å². The second-order valence-corrected chi connectivity index (χ2v) is 7.69. The molecule has 4 aromatic rings. The van der Waals surface area contributed by atoms with Gasteiger partial charge in [-0.1, -0.05) is 17.3 Å². The Morgan fingerprint density at radius 3 is 2.89 bits per heavy atom. The van der Waals surface area contributed by atoms with E-state index in [-0.39, 0.29) is 11.9 Å². The molecule has 1 unspecified atom stereocenters. The number of thioether (sulfide) groups is 1. The van der Waals surface area contributed by atoms with Crippen molar-refractivity contribution in [1.82, 2.24) is 25.4 Å². The number of hydrogen-bond donors (Lipinski definition) is 2. The maximum absolute atomic E-state index is 13.2. The van der Waals surface area contributed by atoms with Crippen molar-refractivity contribution < 1.29 is 9.32 Å². The fourth-order valence-electron chi connectivity index (χ4n) is 3.28. The third-order valence-corrected chi connectivity index (χ3v) is 5.29. The monoisotopic (exact) mass is 395 g/mol. The molecule has 0 radical (unpaired) electrons. The molecule has 7 nitrogen and oxygen atoms in total. The number of nitrogens with zero attached hydrogens (tertiary/aromatic N) is 3. The van der Waals surface area contributed by atoms with Crippen molar-refractivity contribution in [2.24, 2.45) is 0 Å². The Morgan fingerprint density at radius 1 is 1.29 bits per heavy atom. The summed E-state index contributed by atoms with van der Waals surface area (Å²) >= 11 is 1.74. The van der Waals surface area contributed by atoms with Crippen molar-refractivity contribution in [1.29, 1.82) is 0 Å². The van der Waals surface area contributed by atoms with Crippen LogP contribution in [0.5, 0.6) is 0 Å². The van der Waals surface area contributed by atoms with Crippen LogP contribution in [0.1, 0.15) is 40.0 Å². The van der Waals surface area contributed by atoms with E-state index in [1.165, 1.54) is 0 Å². The number of H-pyrrole nitrogens is 1. The number of nitrogens with one attached hydrogen (secondary N) is 2. The Bertz CT molecular complexity index is 1120. The van der Waals surface area contributed by atoms with E-state index < -0.39 is 0 Å². The minimum atomic E-state index is -0.226. The molecule has 0 bridgehead atoms. The summed E-state index contributed by atoms with van der Waals surface area (Å²) in [6.07, 6.45) is 2.82. The van der Waals surface area contributed by atoms with Gasteiger partial charge in [0.05, 0.1) is 33.7 Å². The molecule has 144 valence electrons. The first-order valence-corrected chi connectivity index (χ1v) is 10.4. The number of hydrogen-bond acceptors (Lipinski definition) is 6. The molecular weight excluding hydrogens is 374 g/mol. The van der Waals surface area contributed by atoms with E-state index in [1.807, 2.05) is 44.4 Å². The third-order valence-electron chi connectivity index (χ3n) is 4.64. The molecule has 0 saturated carbocycles. The van der Waals surface area contributed by atoms with Crippen molar-refractivity contribution in [2.45, 2.75) is 26.3 Å². The van der Waals surface area contributed by atoms with Crippen LogP contribution in [0.15, 0.2) is 34.9 Å². The van der Waals surface area contributed by atoms with E-state index in [0.717, 1.165) is 29.0 Å². The molecule has 1 atom stereocenters. The predicted molar refractivity (Wildman–Crippen MR) is 111 cm³/mol. The SMILES string of the molecule is CSCCC(NC(=O)c1cc(C)nc2onc(C)c12)c1nc2ccccc2[nH]1. The Morgan fingerprint density at radius 2 is 2.11 bits per heavy atom. The third kappa shape index (κ3) is 3.47. The van der Waals surface area contributed by atoms with Gasteiger partial charge in [-0.15, -0.1) is 0 Å². The van der Waals surface area contributed by atoms with E-state index in [4.69, 9.17) is 4.52 Å². The summed E-state index contributed by atoms with van der Waals surface area (Å²) in [6.45, 7) is 3.64. The zero-order chi connectivity index (χ0) is 19.7. The number of aryl methyl sites for hydroxylation is 2. The standard InChI is InChI=1S/C20H21N5O2S/c1-11-10-13(17-12(2)25-27-20(17)21-11)19(26)24-16(8-9-28-3)18-22-14-6-4-5-7-15(14)23-18/h4-7,10,16H,8-9H2,1-3H3,(H,22,23)(H,24,26). The molecule has 0 aliphatic carbocycles. The number of amides is 1. The van der Waals surface area contributed by atoms with Crippen LogP contribution >= 0.6 is 11.8 Å². The summed E-state index contributed by atoms with van der Waals surface area (Å²) in [5.41, 5.74) is 4.10. The lowest BCUT2D eigenvalue weighted by Crippen LogP contribution is -2.30. The number of aromatic nitrogens is 4. The molecule has 3 aromatic heterocycles. The molecule has 28 heavy (non-hydrogen) atoms. The molecule has 0 aliphatic heterocycles. The second-order valence-electron chi connectivity index (χ2n) is 6.71. The molecule has 0 fully saturated rings. The van der Waals surface area contributed by atoms with Crippen LogP contribution in [0.4, 0.5) is 0 Å². The lowest BCUT2D eigenvalue weighted by Gasteiger charge is -2.17. The van der Waals surface area contributed by atoms with Gasteiger partial charge in [-0.2, -0.15) is 11.8 Å². The molecule has 1 aromatic carbocycles. The lowest BCUT2D eigenvalue weighted by atomic mass is 10.1. The van der Waals surface area contributed by atoms with Gasteiger partial charge < -0.3 is 14.8 Å². The van der Waals surface area contributed by atoms with Crippen LogP contribution in [0.2, 0.25) is 0 Å². The van der Waals surface area contributed by atoms with Crippen LogP contribution in [-0.4, -0.2) is 38.0 Å². The van der Waals surface area contributed by atoms with Crippen LogP contribution in [0, 0.1) is 13.8 Å². The molecule has 0 aliphatic rings. The van der Waals surface area contributed by atoms with Gasteiger partial charge in [0.1, 0.15) is 5.82 Å². The highest BCUT2D eigenvalue weighted by Gasteiger charge is 2.23. The zero-order valence-electron chi connectivity index (χ0n) is 15.9. The predicted octanol–water partition coefficient (Wildman–Crippen LogP) is 3.94. The minimum Gasteiger partial charge on any atom is -0.342 e. The second kappa shape index (κ2) is 7.63. The fourth-order valence-corrected chi connectivity index (χ4v) is 3.75. The van der Waals surface area contributed by atoms with Crippen molar-refractivity contribution in [3.8, 4) is 0 Å². The van der Waals surface area contributed by atoms with E-state index in [2.05, 4.69) is 25.4 Å². The van der Waals surface area contributed by atoms with Gasteiger partial charge >= 0.3 is 0 Å². The number of rotatable bonds is 6. The average Bonchev–Trinajstić information content (AvgIpc) is 3.28. The quantitative estimate of drug-likeness (QED) is 0.513. The van der Waals surface area contributed by atoms with E-state index >= 15 is 0 Å². The summed E-state index contributed by atoms with van der Waals surface area (Å²) in [5, 5.41) is 7.74. The number of fused-ring (bicyclic) bond motifs is 2. The summed E-state index contributed by atoms with van der Waals surface area (Å²) in [7, 11) is 0.